The number of nitrogens with zero attached hydrogens (tertiary/aromatic N) is 2. The summed E-state index contributed by atoms with van der Waals surface area (Å²) in [6, 6.07) is 32.9. The van der Waals surface area contributed by atoms with Crippen LogP contribution in [0.15, 0.2) is 91.0 Å². The molecule has 0 aliphatic carbocycles. The van der Waals surface area contributed by atoms with Crippen LogP contribution in [0.5, 0.6) is 0 Å². The second kappa shape index (κ2) is 12.6. The minimum atomic E-state index is 0.523. The second-order valence-electron chi connectivity index (χ2n) is 9.18. The van der Waals surface area contributed by atoms with Gasteiger partial charge in [0.15, 0.2) is 0 Å². The molecule has 2 nitrogen and oxygen atoms in total. The average Bonchev–Trinajstić information content (AvgIpc) is 2.86. The Balaban J connectivity index is 1.13. The van der Waals surface area contributed by atoms with Crippen molar-refractivity contribution in [2.24, 2.45) is 0 Å². The molecule has 1 heterocycles. The summed E-state index contributed by atoms with van der Waals surface area (Å²) in [6.45, 7) is 7.20. The highest BCUT2D eigenvalue weighted by Gasteiger charge is 2.17. The van der Waals surface area contributed by atoms with Crippen LogP contribution in [-0.2, 0) is 6.54 Å². The van der Waals surface area contributed by atoms with Gasteiger partial charge in [0.2, 0.25) is 0 Å². The molecule has 3 aromatic carbocycles. The van der Waals surface area contributed by atoms with Gasteiger partial charge in [-0.25, -0.2) is 0 Å². The summed E-state index contributed by atoms with van der Waals surface area (Å²) < 4.78 is 0. The molecule has 1 aliphatic rings. The first kappa shape index (κ1) is 22.8. The molecular formula is C30H38N2. The van der Waals surface area contributed by atoms with Gasteiger partial charge in [0, 0.05) is 38.6 Å². The maximum atomic E-state index is 2.66. The van der Waals surface area contributed by atoms with E-state index in [1.165, 1.54) is 81.5 Å². The van der Waals surface area contributed by atoms with Gasteiger partial charge in [-0.2, -0.15) is 0 Å². The Labute approximate surface area is 194 Å². The van der Waals surface area contributed by atoms with Crippen LogP contribution in [0.25, 0.3) is 0 Å². The SMILES string of the molecule is c1ccc(CN2CCN(CCCCCCC(c3ccccc3)c3ccccc3)CC2)cc1. The fourth-order valence-corrected chi connectivity index (χ4v) is 4.95. The van der Waals surface area contributed by atoms with Crippen LogP contribution in [0.1, 0.15) is 54.7 Å². The summed E-state index contributed by atoms with van der Waals surface area (Å²) in [5.41, 5.74) is 4.34. The quantitative estimate of drug-likeness (QED) is 0.319. The van der Waals surface area contributed by atoms with Gasteiger partial charge >= 0.3 is 0 Å². The van der Waals surface area contributed by atoms with E-state index in [0.717, 1.165) is 6.54 Å². The smallest absolute Gasteiger partial charge is 0.0234 e. The number of unbranched alkanes of at least 4 members (excludes halogenated alkanes) is 3. The van der Waals surface area contributed by atoms with Gasteiger partial charge in [-0.15, -0.1) is 0 Å². The van der Waals surface area contributed by atoms with Crippen LogP contribution in [0.2, 0.25) is 0 Å². The lowest BCUT2D eigenvalue weighted by Gasteiger charge is -2.34. The second-order valence-corrected chi connectivity index (χ2v) is 9.18. The third kappa shape index (κ3) is 7.05. The van der Waals surface area contributed by atoms with Crippen molar-refractivity contribution in [1.29, 1.82) is 0 Å². The van der Waals surface area contributed by atoms with Crippen molar-refractivity contribution in [3.8, 4) is 0 Å². The van der Waals surface area contributed by atoms with Crippen molar-refractivity contribution in [3.05, 3.63) is 108 Å². The summed E-state index contributed by atoms with van der Waals surface area (Å²) >= 11 is 0. The maximum Gasteiger partial charge on any atom is 0.0234 e. The molecule has 168 valence electrons. The molecule has 1 saturated heterocycles. The molecule has 32 heavy (non-hydrogen) atoms. The molecule has 0 saturated carbocycles. The molecular weight excluding hydrogens is 388 g/mol. The van der Waals surface area contributed by atoms with Gasteiger partial charge < -0.3 is 4.90 Å². The Morgan fingerprint density at radius 3 is 1.62 bits per heavy atom. The zero-order valence-corrected chi connectivity index (χ0v) is 19.4. The van der Waals surface area contributed by atoms with E-state index >= 15 is 0 Å². The number of hydrogen-bond donors (Lipinski definition) is 0. The van der Waals surface area contributed by atoms with Crippen molar-refractivity contribution in [3.63, 3.8) is 0 Å². The van der Waals surface area contributed by atoms with Gasteiger partial charge in [-0.3, -0.25) is 4.90 Å². The van der Waals surface area contributed by atoms with Crippen LogP contribution in [0.4, 0.5) is 0 Å². The van der Waals surface area contributed by atoms with E-state index in [9.17, 15) is 0 Å². The van der Waals surface area contributed by atoms with Gasteiger partial charge in [-0.05, 0) is 36.1 Å². The summed E-state index contributed by atoms with van der Waals surface area (Å²) in [7, 11) is 0. The zero-order valence-electron chi connectivity index (χ0n) is 19.4. The number of benzene rings is 3. The Bertz CT molecular complexity index is 831. The molecule has 2 heteroatoms. The molecule has 0 N–H and O–H groups in total. The fourth-order valence-electron chi connectivity index (χ4n) is 4.95. The Morgan fingerprint density at radius 1 is 0.531 bits per heavy atom. The van der Waals surface area contributed by atoms with Crippen molar-refractivity contribution < 1.29 is 0 Å². The van der Waals surface area contributed by atoms with Crippen molar-refractivity contribution >= 4 is 0 Å². The summed E-state index contributed by atoms with van der Waals surface area (Å²) in [6.07, 6.45) is 6.57. The number of rotatable bonds is 11. The van der Waals surface area contributed by atoms with Crippen LogP contribution >= 0.6 is 0 Å². The Morgan fingerprint density at radius 2 is 1.03 bits per heavy atom. The highest BCUT2D eigenvalue weighted by atomic mass is 15.3. The Kier molecular flexibility index (Phi) is 8.94. The highest BCUT2D eigenvalue weighted by Crippen LogP contribution is 2.29. The first-order valence-corrected chi connectivity index (χ1v) is 12.5. The monoisotopic (exact) mass is 426 g/mol. The van der Waals surface area contributed by atoms with Crippen LogP contribution < -0.4 is 0 Å². The van der Waals surface area contributed by atoms with E-state index in [1.807, 2.05) is 0 Å². The predicted molar refractivity (Wildman–Crippen MR) is 136 cm³/mol. The van der Waals surface area contributed by atoms with Gasteiger partial charge in [0.25, 0.3) is 0 Å². The molecule has 1 fully saturated rings. The normalized spacial score (nSPS) is 15.3. The van der Waals surface area contributed by atoms with Crippen molar-refractivity contribution in [2.45, 2.75) is 44.6 Å². The lowest BCUT2D eigenvalue weighted by atomic mass is 9.87. The van der Waals surface area contributed by atoms with Crippen molar-refractivity contribution in [2.75, 3.05) is 32.7 Å². The van der Waals surface area contributed by atoms with Gasteiger partial charge in [-0.1, -0.05) is 110 Å². The van der Waals surface area contributed by atoms with Crippen LogP contribution in [0, 0.1) is 0 Å². The third-order valence-corrected chi connectivity index (χ3v) is 6.83. The lowest BCUT2D eigenvalue weighted by Crippen LogP contribution is -2.46. The molecule has 0 aromatic heterocycles. The molecule has 1 aliphatic heterocycles. The van der Waals surface area contributed by atoms with E-state index in [1.54, 1.807) is 0 Å². The zero-order chi connectivity index (χ0) is 21.8. The standard InChI is InChI=1S/C30H38N2/c1(12-20-30(28-16-8-4-9-17-28)29-18-10-5-11-19-29)2-13-21-31-22-24-32(25-23-31)26-27-14-6-3-7-15-27/h3-11,14-19,30H,1-2,12-13,20-26H2. The third-order valence-electron chi connectivity index (χ3n) is 6.83. The molecule has 0 atom stereocenters. The first-order valence-electron chi connectivity index (χ1n) is 12.5. The molecule has 4 rings (SSSR count). The minimum Gasteiger partial charge on any atom is -0.301 e. The maximum absolute atomic E-state index is 2.66. The van der Waals surface area contributed by atoms with Crippen LogP contribution in [0.3, 0.4) is 0 Å². The van der Waals surface area contributed by atoms with Crippen molar-refractivity contribution in [1.82, 2.24) is 9.80 Å². The van der Waals surface area contributed by atoms with E-state index < -0.39 is 0 Å². The largest absolute Gasteiger partial charge is 0.301 e. The minimum absolute atomic E-state index is 0.523. The summed E-state index contributed by atoms with van der Waals surface area (Å²) in [4.78, 5) is 5.26. The fraction of sp³-hybridized carbons (Fsp3) is 0.400. The first-order chi connectivity index (χ1) is 15.9. The number of hydrogen-bond acceptors (Lipinski definition) is 2. The van der Waals surface area contributed by atoms with Crippen LogP contribution in [-0.4, -0.2) is 42.5 Å². The van der Waals surface area contributed by atoms with Gasteiger partial charge in [0.05, 0.1) is 0 Å². The number of piperazine rings is 1. The summed E-state index contributed by atoms with van der Waals surface area (Å²) in [5.74, 6) is 0.523. The molecule has 3 aromatic rings. The van der Waals surface area contributed by atoms with E-state index in [0.29, 0.717) is 5.92 Å². The highest BCUT2D eigenvalue weighted by molar-refractivity contribution is 5.32. The van der Waals surface area contributed by atoms with E-state index in [2.05, 4.69) is 101 Å². The van der Waals surface area contributed by atoms with E-state index in [4.69, 9.17) is 0 Å². The predicted octanol–water partition coefficient (Wildman–Crippen LogP) is 6.59. The molecule has 0 unspecified atom stereocenters. The molecule has 0 amide bonds. The van der Waals surface area contributed by atoms with Gasteiger partial charge in [0.1, 0.15) is 0 Å². The molecule has 0 bridgehead atoms. The van der Waals surface area contributed by atoms with E-state index in [-0.39, 0.29) is 0 Å². The molecule has 0 radical (unpaired) electrons. The molecule has 0 spiro atoms. The lowest BCUT2D eigenvalue weighted by molar-refractivity contribution is 0.125. The average molecular weight is 427 g/mol. The Hall–Kier alpha value is -2.42. The topological polar surface area (TPSA) is 6.48 Å². The summed E-state index contributed by atoms with van der Waals surface area (Å²) in [5, 5.41) is 0.